The highest BCUT2D eigenvalue weighted by Gasteiger charge is 2.44. The first-order chi connectivity index (χ1) is 6.26. The van der Waals surface area contributed by atoms with E-state index in [2.05, 4.69) is 5.32 Å². The van der Waals surface area contributed by atoms with Crippen LogP contribution in [0.4, 0.5) is 4.79 Å². The maximum atomic E-state index is 11.4. The molecular weight excluding hydrogens is 168 g/mol. The minimum absolute atomic E-state index is 0.147. The Bertz CT molecular complexity index is 212. The summed E-state index contributed by atoms with van der Waals surface area (Å²) in [5.74, 6) is 0. The highest BCUT2D eigenvalue weighted by molar-refractivity contribution is 5.70. The first kappa shape index (κ1) is 8.81. The molecule has 0 aromatic carbocycles. The molecule has 0 aromatic rings. The summed E-state index contributed by atoms with van der Waals surface area (Å²) in [6.45, 7) is 5.35. The van der Waals surface area contributed by atoms with Gasteiger partial charge in [-0.1, -0.05) is 0 Å². The predicted molar refractivity (Wildman–Crippen MR) is 48.6 cm³/mol. The van der Waals surface area contributed by atoms with E-state index in [-0.39, 0.29) is 11.7 Å². The van der Waals surface area contributed by atoms with Crippen LogP contribution < -0.4 is 5.32 Å². The molecular formula is C9H16N2O2. The van der Waals surface area contributed by atoms with E-state index in [4.69, 9.17) is 4.74 Å². The van der Waals surface area contributed by atoms with Gasteiger partial charge in [0.25, 0.3) is 0 Å². The Morgan fingerprint density at radius 3 is 3.08 bits per heavy atom. The van der Waals surface area contributed by atoms with Gasteiger partial charge < -0.3 is 15.0 Å². The predicted octanol–water partition coefficient (Wildman–Crippen LogP) is 0.581. The summed E-state index contributed by atoms with van der Waals surface area (Å²) >= 11 is 0. The minimum atomic E-state index is -0.217. The van der Waals surface area contributed by atoms with Gasteiger partial charge in [-0.2, -0.15) is 0 Å². The zero-order valence-electron chi connectivity index (χ0n) is 8.01. The van der Waals surface area contributed by atoms with Crippen molar-refractivity contribution in [3.63, 3.8) is 0 Å². The monoisotopic (exact) mass is 184 g/mol. The van der Waals surface area contributed by atoms with Gasteiger partial charge in [0.1, 0.15) is 5.60 Å². The number of ether oxygens (including phenoxy) is 1. The van der Waals surface area contributed by atoms with Crippen molar-refractivity contribution in [2.75, 3.05) is 26.2 Å². The zero-order valence-corrected chi connectivity index (χ0v) is 8.01. The topological polar surface area (TPSA) is 41.6 Å². The van der Waals surface area contributed by atoms with Crippen LogP contribution in [0.15, 0.2) is 0 Å². The smallest absolute Gasteiger partial charge is 0.410 e. The minimum Gasteiger partial charge on any atom is -0.440 e. The van der Waals surface area contributed by atoms with E-state index in [1.165, 1.54) is 0 Å². The molecule has 2 heterocycles. The molecule has 2 aliphatic rings. The Balaban J connectivity index is 2.05. The van der Waals surface area contributed by atoms with Crippen molar-refractivity contribution < 1.29 is 9.53 Å². The SMILES string of the molecule is CCN1C[C@@]2(CCCNC2)OC1=O. The normalized spacial score (nSPS) is 33.9. The lowest BCUT2D eigenvalue weighted by Crippen LogP contribution is -2.48. The standard InChI is InChI=1S/C9H16N2O2/c1-2-11-7-9(13-8(11)12)4-3-5-10-6-9/h10H,2-7H2,1H3/t9-/m0/s1. The number of carbonyl (C=O) groups excluding carboxylic acids is 1. The summed E-state index contributed by atoms with van der Waals surface area (Å²) in [4.78, 5) is 13.1. The zero-order chi connectivity index (χ0) is 9.31. The highest BCUT2D eigenvalue weighted by Crippen LogP contribution is 2.28. The van der Waals surface area contributed by atoms with Gasteiger partial charge in [-0.05, 0) is 26.3 Å². The fraction of sp³-hybridized carbons (Fsp3) is 0.889. The Labute approximate surface area is 78.2 Å². The van der Waals surface area contributed by atoms with Crippen LogP contribution in [0, 0.1) is 0 Å². The van der Waals surface area contributed by atoms with Gasteiger partial charge in [-0.15, -0.1) is 0 Å². The van der Waals surface area contributed by atoms with E-state index in [1.807, 2.05) is 6.92 Å². The van der Waals surface area contributed by atoms with Crippen molar-refractivity contribution in [3.05, 3.63) is 0 Å². The molecule has 1 atom stereocenters. The number of likely N-dealkylation sites (N-methyl/N-ethyl adjacent to an activating group) is 1. The quantitative estimate of drug-likeness (QED) is 0.648. The molecule has 4 heteroatoms. The third kappa shape index (κ3) is 1.50. The van der Waals surface area contributed by atoms with Crippen LogP contribution in [0.3, 0.4) is 0 Å². The molecule has 1 spiro atoms. The average Bonchev–Trinajstić information content (AvgIpc) is 2.44. The van der Waals surface area contributed by atoms with Gasteiger partial charge in [0.05, 0.1) is 6.54 Å². The van der Waals surface area contributed by atoms with Crippen molar-refractivity contribution >= 4 is 6.09 Å². The lowest BCUT2D eigenvalue weighted by molar-refractivity contribution is 0.0366. The molecule has 74 valence electrons. The first-order valence-corrected chi connectivity index (χ1v) is 4.94. The molecule has 0 aliphatic carbocycles. The van der Waals surface area contributed by atoms with E-state index in [0.717, 1.165) is 39.0 Å². The molecule has 2 fully saturated rings. The number of amides is 1. The van der Waals surface area contributed by atoms with E-state index < -0.39 is 0 Å². The van der Waals surface area contributed by atoms with Crippen LogP contribution in [0.1, 0.15) is 19.8 Å². The summed E-state index contributed by atoms with van der Waals surface area (Å²) in [5, 5.41) is 3.28. The van der Waals surface area contributed by atoms with Gasteiger partial charge >= 0.3 is 6.09 Å². The molecule has 4 nitrogen and oxygen atoms in total. The van der Waals surface area contributed by atoms with Gasteiger partial charge in [-0.25, -0.2) is 4.79 Å². The van der Waals surface area contributed by atoms with Crippen LogP contribution >= 0.6 is 0 Å². The molecule has 2 aliphatic heterocycles. The Morgan fingerprint density at radius 2 is 2.54 bits per heavy atom. The van der Waals surface area contributed by atoms with Crippen molar-refractivity contribution in [2.24, 2.45) is 0 Å². The maximum absolute atomic E-state index is 11.4. The number of nitrogens with zero attached hydrogens (tertiary/aromatic N) is 1. The molecule has 13 heavy (non-hydrogen) atoms. The van der Waals surface area contributed by atoms with E-state index in [9.17, 15) is 4.79 Å². The summed E-state index contributed by atoms with van der Waals surface area (Å²) in [7, 11) is 0. The van der Waals surface area contributed by atoms with Crippen molar-refractivity contribution in [1.29, 1.82) is 0 Å². The van der Waals surface area contributed by atoms with Gasteiger partial charge in [0.15, 0.2) is 0 Å². The van der Waals surface area contributed by atoms with Crippen LogP contribution in [0.2, 0.25) is 0 Å². The molecule has 1 N–H and O–H groups in total. The second-order valence-electron chi connectivity index (χ2n) is 3.85. The second kappa shape index (κ2) is 3.18. The number of hydrogen-bond donors (Lipinski definition) is 1. The molecule has 2 rings (SSSR count). The van der Waals surface area contributed by atoms with Crippen molar-refractivity contribution in [2.45, 2.75) is 25.4 Å². The number of nitrogens with one attached hydrogen (secondary N) is 1. The van der Waals surface area contributed by atoms with Crippen LogP contribution in [0.5, 0.6) is 0 Å². The summed E-state index contributed by atoms with van der Waals surface area (Å²) in [6.07, 6.45) is 1.96. The molecule has 0 saturated carbocycles. The fourth-order valence-electron chi connectivity index (χ4n) is 2.10. The van der Waals surface area contributed by atoms with Crippen molar-refractivity contribution in [3.8, 4) is 0 Å². The largest absolute Gasteiger partial charge is 0.440 e. The lowest BCUT2D eigenvalue weighted by atomic mass is 9.94. The van der Waals surface area contributed by atoms with Crippen LogP contribution in [0.25, 0.3) is 0 Å². The number of hydrogen-bond acceptors (Lipinski definition) is 3. The van der Waals surface area contributed by atoms with Crippen molar-refractivity contribution in [1.82, 2.24) is 10.2 Å². The van der Waals surface area contributed by atoms with Crippen LogP contribution in [-0.4, -0.2) is 42.8 Å². The molecule has 1 amide bonds. The summed E-state index contributed by atoms with van der Waals surface area (Å²) in [5.41, 5.74) is -0.217. The van der Waals surface area contributed by atoms with Gasteiger partial charge in [0, 0.05) is 13.1 Å². The Hall–Kier alpha value is -0.770. The number of carbonyl (C=O) groups is 1. The third-order valence-electron chi connectivity index (χ3n) is 2.86. The van der Waals surface area contributed by atoms with E-state index >= 15 is 0 Å². The molecule has 0 bridgehead atoms. The van der Waals surface area contributed by atoms with E-state index in [1.54, 1.807) is 4.90 Å². The fourth-order valence-corrected chi connectivity index (χ4v) is 2.10. The summed E-state index contributed by atoms with van der Waals surface area (Å²) < 4.78 is 5.42. The Morgan fingerprint density at radius 1 is 1.69 bits per heavy atom. The maximum Gasteiger partial charge on any atom is 0.410 e. The van der Waals surface area contributed by atoms with Crippen LogP contribution in [-0.2, 0) is 4.74 Å². The Kier molecular flexibility index (Phi) is 2.15. The number of piperidine rings is 1. The average molecular weight is 184 g/mol. The summed E-state index contributed by atoms with van der Waals surface area (Å²) in [6, 6.07) is 0. The third-order valence-corrected chi connectivity index (χ3v) is 2.86. The number of rotatable bonds is 1. The molecule has 0 radical (unpaired) electrons. The lowest BCUT2D eigenvalue weighted by Gasteiger charge is -2.31. The molecule has 2 saturated heterocycles. The van der Waals surface area contributed by atoms with Gasteiger partial charge in [0.2, 0.25) is 0 Å². The highest BCUT2D eigenvalue weighted by atomic mass is 16.6. The molecule has 0 aromatic heterocycles. The van der Waals surface area contributed by atoms with Gasteiger partial charge in [-0.3, -0.25) is 0 Å². The molecule has 0 unspecified atom stereocenters. The first-order valence-electron chi connectivity index (χ1n) is 4.94. The second-order valence-corrected chi connectivity index (χ2v) is 3.85. The van der Waals surface area contributed by atoms with E-state index in [0.29, 0.717) is 0 Å².